The average molecular weight is 502 g/mol. The largest absolute Gasteiger partial charge is 0.490 e. The Hall–Kier alpha value is -3.52. The Morgan fingerprint density at radius 2 is 1.81 bits per heavy atom. The second kappa shape index (κ2) is 10.1. The highest BCUT2D eigenvalue weighted by Gasteiger charge is 2.22. The lowest BCUT2D eigenvalue weighted by atomic mass is 9.87. The van der Waals surface area contributed by atoms with Crippen LogP contribution in [0, 0.1) is 6.92 Å². The van der Waals surface area contributed by atoms with Gasteiger partial charge in [0.15, 0.2) is 11.5 Å². The molecule has 2 aromatic carbocycles. The summed E-state index contributed by atoms with van der Waals surface area (Å²) < 4.78 is 8.25. The van der Waals surface area contributed by atoms with Gasteiger partial charge in [-0.25, -0.2) is 9.78 Å². The van der Waals surface area contributed by atoms with Gasteiger partial charge in [-0.05, 0) is 60.8 Å². The number of nitrogens with one attached hydrogen (secondary N) is 2. The number of rotatable bonds is 7. The van der Waals surface area contributed by atoms with Crippen molar-refractivity contribution in [3.8, 4) is 17.3 Å². The minimum Gasteiger partial charge on any atom is -0.490 e. The lowest BCUT2D eigenvalue weighted by Crippen LogP contribution is -2.30. The molecule has 2 aromatic rings. The third-order valence-corrected chi connectivity index (χ3v) is 7.16. The summed E-state index contributed by atoms with van der Waals surface area (Å²) >= 11 is 0. The first-order valence-corrected chi connectivity index (χ1v) is 13.1. The Morgan fingerprint density at radius 3 is 2.51 bits per heavy atom. The fourth-order valence-electron chi connectivity index (χ4n) is 5.01. The van der Waals surface area contributed by atoms with E-state index in [0.717, 1.165) is 29.7 Å². The minimum atomic E-state index is -0.672. The van der Waals surface area contributed by atoms with Crippen LogP contribution in [0.15, 0.2) is 46.0 Å². The second-order valence-corrected chi connectivity index (χ2v) is 11.1. The van der Waals surface area contributed by atoms with E-state index in [9.17, 15) is 9.59 Å². The Balaban J connectivity index is 1.44. The van der Waals surface area contributed by atoms with Crippen molar-refractivity contribution in [2.75, 3.05) is 6.54 Å². The molecule has 8 nitrogen and oxygen atoms in total. The van der Waals surface area contributed by atoms with Crippen molar-refractivity contribution < 1.29 is 4.74 Å². The fraction of sp³-hybridized carbons (Fsp3) is 0.448. The summed E-state index contributed by atoms with van der Waals surface area (Å²) in [7, 11) is 0. The molecule has 5 rings (SSSR count). The number of hydrogen-bond acceptors (Lipinski definition) is 6. The van der Waals surface area contributed by atoms with Crippen molar-refractivity contribution in [2.24, 2.45) is 0 Å². The first kappa shape index (κ1) is 25.1. The average Bonchev–Trinajstić information content (AvgIpc) is 3.35. The van der Waals surface area contributed by atoms with Crippen LogP contribution < -0.4 is 21.3 Å². The van der Waals surface area contributed by atoms with Gasteiger partial charge in [0.1, 0.15) is 5.75 Å². The van der Waals surface area contributed by atoms with E-state index in [2.05, 4.69) is 65.3 Å². The lowest BCUT2D eigenvalue weighted by molar-refractivity contribution is 0.209. The van der Waals surface area contributed by atoms with E-state index in [1.807, 2.05) is 23.6 Å². The van der Waals surface area contributed by atoms with Crippen molar-refractivity contribution in [3.05, 3.63) is 73.9 Å². The molecular formula is C29H35N5O3. The van der Waals surface area contributed by atoms with E-state index < -0.39 is 11.2 Å². The van der Waals surface area contributed by atoms with Crippen molar-refractivity contribution in [1.29, 1.82) is 0 Å². The van der Waals surface area contributed by atoms with Crippen molar-refractivity contribution in [2.45, 2.75) is 78.0 Å². The van der Waals surface area contributed by atoms with Gasteiger partial charge in [0, 0.05) is 25.7 Å². The zero-order valence-electron chi connectivity index (χ0n) is 22.1. The number of hydrogen-bond donors (Lipinski definition) is 2. The molecule has 2 heterocycles. The molecule has 194 valence electrons. The van der Waals surface area contributed by atoms with Crippen LogP contribution in [0.3, 0.4) is 0 Å². The monoisotopic (exact) mass is 501 g/mol. The van der Waals surface area contributed by atoms with Crippen LogP contribution in [-0.4, -0.2) is 32.2 Å². The highest BCUT2D eigenvalue weighted by Crippen LogP contribution is 2.31. The molecule has 0 aromatic heterocycles. The van der Waals surface area contributed by atoms with Crippen LogP contribution in [-0.2, 0) is 18.5 Å². The molecule has 2 aliphatic heterocycles. The van der Waals surface area contributed by atoms with E-state index in [4.69, 9.17) is 4.74 Å². The zero-order valence-corrected chi connectivity index (χ0v) is 22.1. The molecule has 37 heavy (non-hydrogen) atoms. The summed E-state index contributed by atoms with van der Waals surface area (Å²) in [6.07, 6.45) is 4.72. The molecule has 1 aliphatic carbocycles. The molecule has 0 amide bonds. The van der Waals surface area contributed by atoms with E-state index in [1.54, 1.807) is 0 Å². The molecule has 0 atom stereocenters. The van der Waals surface area contributed by atoms with Gasteiger partial charge in [-0.1, -0.05) is 45.0 Å². The Labute approximate surface area is 216 Å². The van der Waals surface area contributed by atoms with Gasteiger partial charge in [0.05, 0.1) is 17.1 Å². The summed E-state index contributed by atoms with van der Waals surface area (Å²) in [5.41, 5.74) is 4.02. The summed E-state index contributed by atoms with van der Waals surface area (Å²) in [5, 5.41) is 3.49. The topological polar surface area (TPSA) is 102 Å². The number of ether oxygens (including phenoxy) is 1. The molecule has 2 N–H and O–H groups in total. The van der Waals surface area contributed by atoms with E-state index in [0.29, 0.717) is 25.2 Å². The van der Waals surface area contributed by atoms with E-state index in [1.165, 1.54) is 24.0 Å². The van der Waals surface area contributed by atoms with Crippen LogP contribution in [0.25, 0.3) is 22.6 Å². The Bertz CT molecular complexity index is 1490. The summed E-state index contributed by atoms with van der Waals surface area (Å²) in [4.78, 5) is 35.6. The second-order valence-electron chi connectivity index (χ2n) is 11.1. The van der Waals surface area contributed by atoms with E-state index in [-0.39, 0.29) is 23.0 Å². The molecule has 8 heteroatoms. The number of aromatic amines is 1. The predicted molar refractivity (Wildman–Crippen MR) is 146 cm³/mol. The Morgan fingerprint density at radius 1 is 1.08 bits per heavy atom. The van der Waals surface area contributed by atoms with Gasteiger partial charge in [-0.15, -0.1) is 0 Å². The van der Waals surface area contributed by atoms with Crippen molar-refractivity contribution in [1.82, 2.24) is 24.8 Å². The van der Waals surface area contributed by atoms with Gasteiger partial charge in [-0.2, -0.15) is 4.98 Å². The van der Waals surface area contributed by atoms with Crippen LogP contribution >= 0.6 is 0 Å². The van der Waals surface area contributed by atoms with Crippen LogP contribution in [0.1, 0.15) is 63.1 Å². The summed E-state index contributed by atoms with van der Waals surface area (Å²) in [6, 6.07) is 12.6. The van der Waals surface area contributed by atoms with Gasteiger partial charge in [-0.3, -0.25) is 9.78 Å². The molecule has 0 unspecified atom stereocenters. The third-order valence-electron chi connectivity index (χ3n) is 7.16. The molecular weight excluding hydrogens is 466 g/mol. The standard InChI is InChI=1S/C29H35N5O3/c1-18-15-22-23(16-24(18)37-21-7-5-6-8-21)34(26-25(31-22)27(35)33-28(36)32-26)14-13-30-17-19-9-11-20(12-10-19)29(2,3)4/h9-12,15-16,21,30H,5-8,13-14,17H2,1-4H3,(H,33,35,36). The van der Waals surface area contributed by atoms with Crippen molar-refractivity contribution >= 4 is 11.0 Å². The van der Waals surface area contributed by atoms with Gasteiger partial charge < -0.3 is 14.6 Å². The van der Waals surface area contributed by atoms with Gasteiger partial charge >= 0.3 is 5.69 Å². The SMILES string of the molecule is Cc1cc2nc3c(=O)[nH]c(=O)nc-3n(CCNCc3ccc(C(C)(C)C)cc3)c2cc1OC1CCCC1. The number of aryl methyl sites for hydroxylation is 1. The minimum absolute atomic E-state index is 0.121. The lowest BCUT2D eigenvalue weighted by Gasteiger charge is -2.20. The number of nitrogens with zero attached hydrogens (tertiary/aromatic N) is 3. The molecule has 1 fully saturated rings. The molecule has 3 aliphatic rings. The van der Waals surface area contributed by atoms with Crippen LogP contribution in [0.5, 0.6) is 5.75 Å². The van der Waals surface area contributed by atoms with Crippen LogP contribution in [0.4, 0.5) is 0 Å². The third kappa shape index (κ3) is 5.44. The number of H-pyrrole nitrogens is 1. The zero-order chi connectivity index (χ0) is 26.2. The maximum absolute atomic E-state index is 12.6. The molecule has 0 radical (unpaired) electrons. The van der Waals surface area contributed by atoms with Crippen molar-refractivity contribution in [3.63, 3.8) is 0 Å². The number of benzene rings is 2. The maximum atomic E-state index is 12.6. The fourth-order valence-corrected chi connectivity index (χ4v) is 5.01. The maximum Gasteiger partial charge on any atom is 0.349 e. The molecule has 0 bridgehead atoms. The quantitative estimate of drug-likeness (QED) is 0.289. The first-order valence-electron chi connectivity index (χ1n) is 13.1. The Kier molecular flexibility index (Phi) is 6.86. The number of fused-ring (bicyclic) bond motifs is 2. The number of aromatic nitrogens is 4. The first-order chi connectivity index (χ1) is 17.7. The van der Waals surface area contributed by atoms with Gasteiger partial charge in [0.25, 0.3) is 5.56 Å². The highest BCUT2D eigenvalue weighted by molar-refractivity contribution is 5.82. The summed E-state index contributed by atoms with van der Waals surface area (Å²) in [6.45, 7) is 10.5. The molecule has 0 spiro atoms. The smallest absolute Gasteiger partial charge is 0.349 e. The van der Waals surface area contributed by atoms with E-state index >= 15 is 0 Å². The molecule has 0 saturated heterocycles. The van der Waals surface area contributed by atoms with Gasteiger partial charge in [0.2, 0.25) is 0 Å². The normalized spacial score (nSPS) is 14.6. The highest BCUT2D eigenvalue weighted by atomic mass is 16.5. The summed E-state index contributed by atoms with van der Waals surface area (Å²) in [5.74, 6) is 1.10. The predicted octanol–water partition coefficient (Wildman–Crippen LogP) is 4.30. The van der Waals surface area contributed by atoms with Crippen LogP contribution in [0.2, 0.25) is 0 Å². The molecule has 1 saturated carbocycles.